The first-order chi connectivity index (χ1) is 39.7. The quantitative estimate of drug-likeness (QED) is 0.0425. The van der Waals surface area contributed by atoms with Crippen LogP contribution in [0.5, 0.6) is 0 Å². The van der Waals surface area contributed by atoms with Gasteiger partial charge in [0.1, 0.15) is 73.5 Å². The second-order valence-corrected chi connectivity index (χ2v) is 24.3. The lowest BCUT2D eigenvalue weighted by Gasteiger charge is -2.58. The molecule has 446 valence electrons. The molecule has 2 aliphatic carbocycles. The van der Waals surface area contributed by atoms with Crippen molar-refractivity contribution < 1.29 is 67.3 Å². The normalized spacial score (nSPS) is 26.9. The molecular weight excluding hydrogens is 1070 g/mol. The Balaban J connectivity index is 0.589. The van der Waals surface area contributed by atoms with Crippen molar-refractivity contribution in [3.63, 3.8) is 0 Å². The SMILES string of the molecule is CCOCc1nc2c(NC(=O)COCC(=O)OCC3CCCC(C4(C)CC(C)(OC5CCCC(C(C)COC(=O)COCC(=O)Nc6nc7cccc8c7c7c6nc(COCC)n7CC8(C)O)C5)O4)C3)nc3cccc4c3c2n1CC4(C)O. The lowest BCUT2D eigenvalue weighted by molar-refractivity contribution is -0.399. The van der Waals surface area contributed by atoms with Crippen molar-refractivity contribution in [1.29, 1.82) is 0 Å². The van der Waals surface area contributed by atoms with Crippen LogP contribution < -0.4 is 10.6 Å². The fourth-order valence-corrected chi connectivity index (χ4v) is 13.8. The Morgan fingerprint density at radius 2 is 1.22 bits per heavy atom. The minimum atomic E-state index is -1.16. The maximum Gasteiger partial charge on any atom is 0.332 e. The summed E-state index contributed by atoms with van der Waals surface area (Å²) in [6.45, 7) is 14.4. The van der Waals surface area contributed by atoms with Gasteiger partial charge < -0.3 is 67.9 Å². The Kier molecular flexibility index (Phi) is 16.7. The number of pyridine rings is 2. The molecule has 0 bridgehead atoms. The van der Waals surface area contributed by atoms with Gasteiger partial charge in [0.05, 0.1) is 60.1 Å². The van der Waals surface area contributed by atoms with Crippen molar-refractivity contribution in [2.24, 2.45) is 23.7 Å². The van der Waals surface area contributed by atoms with Crippen LogP contribution in [0.2, 0.25) is 0 Å². The summed E-state index contributed by atoms with van der Waals surface area (Å²) in [4.78, 5) is 71.2. The van der Waals surface area contributed by atoms with Crippen LogP contribution in [0.15, 0.2) is 36.4 Å². The Morgan fingerprint density at radius 1 is 0.687 bits per heavy atom. The molecule has 2 amide bonds. The first kappa shape index (κ1) is 58.5. The summed E-state index contributed by atoms with van der Waals surface area (Å²) in [6.07, 6.45) is 8.22. The van der Waals surface area contributed by atoms with E-state index in [0.717, 1.165) is 90.7 Å². The second kappa shape index (κ2) is 23.7. The van der Waals surface area contributed by atoms with Crippen LogP contribution in [0.25, 0.3) is 43.9 Å². The largest absolute Gasteiger partial charge is 0.464 e. The Hall–Kier alpha value is -6.24. The monoisotopic (exact) mass is 1150 g/mol. The number of anilines is 2. The van der Waals surface area contributed by atoms with Gasteiger partial charge in [-0.15, -0.1) is 0 Å². The number of imidazole rings is 2. The molecule has 22 nitrogen and oxygen atoms in total. The third kappa shape index (κ3) is 12.1. The lowest BCUT2D eigenvalue weighted by atomic mass is 9.68. The van der Waals surface area contributed by atoms with Crippen molar-refractivity contribution in [1.82, 2.24) is 29.1 Å². The predicted molar refractivity (Wildman–Crippen MR) is 305 cm³/mol. The van der Waals surface area contributed by atoms with E-state index >= 15 is 0 Å². The molecule has 5 aliphatic rings. The van der Waals surface area contributed by atoms with Crippen LogP contribution in [0.1, 0.15) is 129 Å². The van der Waals surface area contributed by atoms with Crippen molar-refractivity contribution >= 4 is 79.3 Å². The van der Waals surface area contributed by atoms with Crippen LogP contribution in [-0.4, -0.2) is 133 Å². The summed E-state index contributed by atoms with van der Waals surface area (Å²) in [7, 11) is 0. The molecule has 0 radical (unpaired) electrons. The number of carbonyl (C=O) groups excluding carboxylic acids is 4. The molecule has 11 rings (SSSR count). The van der Waals surface area contributed by atoms with E-state index in [1.54, 1.807) is 13.8 Å². The molecule has 3 aliphatic heterocycles. The van der Waals surface area contributed by atoms with Crippen LogP contribution in [-0.2, 0) is 94.6 Å². The minimum Gasteiger partial charge on any atom is -0.464 e. The molecule has 3 fully saturated rings. The molecule has 9 unspecified atom stereocenters. The van der Waals surface area contributed by atoms with Crippen LogP contribution in [0.3, 0.4) is 0 Å². The number of esters is 2. The zero-order chi connectivity index (χ0) is 58.4. The van der Waals surface area contributed by atoms with Gasteiger partial charge in [-0.1, -0.05) is 44.0 Å². The third-order valence-electron chi connectivity index (χ3n) is 17.6. The van der Waals surface area contributed by atoms with Gasteiger partial charge in [0.25, 0.3) is 11.8 Å². The van der Waals surface area contributed by atoms with Gasteiger partial charge >= 0.3 is 11.9 Å². The molecule has 6 aromatic rings. The summed E-state index contributed by atoms with van der Waals surface area (Å²) < 4.78 is 51.1. The van der Waals surface area contributed by atoms with Crippen molar-refractivity contribution in [3.05, 3.63) is 59.2 Å². The Bertz CT molecular complexity index is 3430. The molecule has 0 spiro atoms. The number of nitrogens with zero attached hydrogens (tertiary/aromatic N) is 6. The lowest BCUT2D eigenvalue weighted by Crippen LogP contribution is -2.63. The first-order valence-electron chi connectivity index (χ1n) is 29.4. The zero-order valence-corrected chi connectivity index (χ0v) is 48.7. The number of amides is 2. The maximum absolute atomic E-state index is 13.2. The highest BCUT2D eigenvalue weighted by Gasteiger charge is 2.57. The standard InChI is InChI=1S/C61H78N8O14/c1-8-76-26-44-64-52-54-50-40(58(4,74)33-68(44)54)18-12-20-42(50)62-56(52)66-46(70)28-78-30-48(72)80-24-35(3)37-15-11-17-39(23-37)82-61(7)32-60(6,83-61)38-16-10-14-36(22-38)25-81-49(73)31-79-29-47(71)67-57-53-55-51-41(19-13-21-43(51)63-57)59(5,75)34-69(55)45(65-53)27-77-9-2/h12-13,18-21,35-39,74-75H,8-11,14-17,22-34H2,1-7H3,(H,62,66,70)(H,63,67,71). The number of aliphatic hydroxyl groups is 2. The van der Waals surface area contributed by atoms with E-state index in [4.69, 9.17) is 57.8 Å². The smallest absolute Gasteiger partial charge is 0.332 e. The Labute approximate surface area is 481 Å². The van der Waals surface area contributed by atoms with E-state index in [0.29, 0.717) is 46.9 Å². The average molecular weight is 1150 g/mol. The fraction of sp³-hybridized carbons (Fsp3) is 0.607. The molecule has 9 atom stereocenters. The van der Waals surface area contributed by atoms with E-state index in [-0.39, 0.29) is 93.1 Å². The van der Waals surface area contributed by atoms with Crippen LogP contribution in [0, 0.1) is 23.7 Å². The van der Waals surface area contributed by atoms with Gasteiger partial charge in [-0.2, -0.15) is 0 Å². The van der Waals surface area contributed by atoms with E-state index < -0.39 is 60.6 Å². The molecule has 83 heavy (non-hydrogen) atoms. The van der Waals surface area contributed by atoms with Gasteiger partial charge in [-0.05, 0) is 127 Å². The molecule has 1 saturated heterocycles. The minimum absolute atomic E-state index is 0.00383. The van der Waals surface area contributed by atoms with Crippen LogP contribution >= 0.6 is 0 Å². The van der Waals surface area contributed by atoms with Gasteiger partial charge in [0, 0.05) is 30.4 Å². The highest BCUT2D eigenvalue weighted by atomic mass is 16.7. The topological polar surface area (TPSA) is 268 Å². The summed E-state index contributed by atoms with van der Waals surface area (Å²) in [5.41, 5.74) is 2.47. The summed E-state index contributed by atoms with van der Waals surface area (Å²) in [5, 5.41) is 30.0. The van der Waals surface area contributed by atoms with Crippen LogP contribution in [0.4, 0.5) is 11.6 Å². The van der Waals surface area contributed by atoms with Gasteiger partial charge in [-0.25, -0.2) is 29.5 Å². The maximum atomic E-state index is 13.2. The molecule has 7 heterocycles. The molecular formula is C61H78N8O14. The van der Waals surface area contributed by atoms with Crippen molar-refractivity contribution in [3.8, 4) is 0 Å². The number of carbonyl (C=O) groups is 4. The predicted octanol–water partition coefficient (Wildman–Crippen LogP) is 7.61. The van der Waals surface area contributed by atoms with E-state index in [1.165, 1.54) is 0 Å². The summed E-state index contributed by atoms with van der Waals surface area (Å²) >= 11 is 0. The van der Waals surface area contributed by atoms with E-state index in [9.17, 15) is 29.4 Å². The molecule has 2 saturated carbocycles. The van der Waals surface area contributed by atoms with Gasteiger partial charge in [0.2, 0.25) is 0 Å². The molecule has 2 aromatic carbocycles. The van der Waals surface area contributed by atoms with Crippen molar-refractivity contribution in [2.75, 3.05) is 63.5 Å². The zero-order valence-electron chi connectivity index (χ0n) is 48.7. The summed E-state index contributed by atoms with van der Waals surface area (Å²) in [6, 6.07) is 11.1. The van der Waals surface area contributed by atoms with E-state index in [1.807, 2.05) is 66.3 Å². The number of benzene rings is 2. The average Bonchev–Trinajstić information content (AvgIpc) is 1.93. The molecule has 4 aromatic heterocycles. The number of hydrogen-bond acceptors (Lipinski definition) is 18. The molecule has 4 N–H and O–H groups in total. The first-order valence-corrected chi connectivity index (χ1v) is 29.4. The van der Waals surface area contributed by atoms with Gasteiger partial charge in [0.15, 0.2) is 17.4 Å². The number of nitrogens with one attached hydrogen (secondary N) is 2. The molecule has 22 heteroatoms. The fourth-order valence-electron chi connectivity index (χ4n) is 13.8. The number of hydrogen-bond donors (Lipinski definition) is 4. The number of aromatic nitrogens is 6. The number of ether oxygens (including phenoxy) is 8. The third-order valence-corrected chi connectivity index (χ3v) is 17.6. The summed E-state index contributed by atoms with van der Waals surface area (Å²) in [5.74, 6) is -0.321. The highest BCUT2D eigenvalue weighted by Crippen LogP contribution is 2.53. The Morgan fingerprint density at radius 3 is 1.76 bits per heavy atom. The van der Waals surface area contributed by atoms with E-state index in [2.05, 4.69) is 24.5 Å². The number of rotatable bonds is 24. The van der Waals surface area contributed by atoms with Gasteiger partial charge in [-0.3, -0.25) is 9.59 Å². The van der Waals surface area contributed by atoms with Crippen molar-refractivity contribution in [2.45, 2.75) is 161 Å². The highest BCUT2D eigenvalue weighted by molar-refractivity contribution is 6.13. The second-order valence-electron chi connectivity index (χ2n) is 24.3.